The first-order chi connectivity index (χ1) is 6.74. The Morgan fingerprint density at radius 1 is 1.50 bits per heavy atom. The van der Waals surface area contributed by atoms with Gasteiger partial charge in [0, 0.05) is 10.9 Å². The predicted octanol–water partition coefficient (Wildman–Crippen LogP) is 2.71. The highest BCUT2D eigenvalue weighted by Crippen LogP contribution is 2.34. The minimum Gasteiger partial charge on any atom is -0.313 e. The zero-order valence-electron chi connectivity index (χ0n) is 8.18. The van der Waals surface area contributed by atoms with Crippen molar-refractivity contribution in [2.45, 2.75) is 30.2 Å². The Balaban J connectivity index is 2.50. The second kappa shape index (κ2) is 3.91. The molecule has 1 nitrogen and oxygen atoms in total. The summed E-state index contributed by atoms with van der Waals surface area (Å²) in [5.74, 6) is -0.205. The fraction of sp³-hybridized carbons (Fsp3) is 0.455. The Bertz CT molecular complexity index is 351. The summed E-state index contributed by atoms with van der Waals surface area (Å²) >= 11 is 4.23. The molecule has 0 aliphatic heterocycles. The molecule has 0 spiro atoms. The highest BCUT2D eigenvalue weighted by molar-refractivity contribution is 7.80. The molecule has 0 bridgehead atoms. The highest BCUT2D eigenvalue weighted by Gasteiger charge is 2.21. The van der Waals surface area contributed by atoms with E-state index in [0.29, 0.717) is 10.9 Å². The zero-order valence-corrected chi connectivity index (χ0v) is 9.07. The third-order valence-electron chi connectivity index (χ3n) is 2.91. The van der Waals surface area contributed by atoms with Crippen molar-refractivity contribution in [1.82, 2.24) is 5.32 Å². The lowest BCUT2D eigenvalue weighted by atomic mass is 9.87. The van der Waals surface area contributed by atoms with Crippen LogP contribution in [0.2, 0.25) is 0 Å². The average molecular weight is 211 g/mol. The van der Waals surface area contributed by atoms with E-state index in [1.807, 2.05) is 13.1 Å². The normalized spacial score (nSPS) is 20.6. The minimum atomic E-state index is -0.205. The molecule has 1 unspecified atom stereocenters. The maximum Gasteiger partial charge on any atom is 0.136 e. The van der Waals surface area contributed by atoms with Crippen LogP contribution in [0.5, 0.6) is 0 Å². The molecule has 1 aliphatic rings. The van der Waals surface area contributed by atoms with Crippen LogP contribution in [0.4, 0.5) is 4.39 Å². The van der Waals surface area contributed by atoms with Gasteiger partial charge < -0.3 is 5.32 Å². The molecule has 3 heteroatoms. The maximum atomic E-state index is 13.2. The van der Waals surface area contributed by atoms with Crippen LogP contribution in [-0.2, 0) is 6.42 Å². The standard InChI is InChI=1S/C11H14FNS/c1-13-10-4-2-3-8-7(10)5-6-9(12)11(8)14/h5-6,10,13-14H,2-4H2,1H3. The van der Waals surface area contributed by atoms with E-state index < -0.39 is 0 Å². The lowest BCUT2D eigenvalue weighted by molar-refractivity contribution is 0.485. The molecule has 0 amide bonds. The fourth-order valence-electron chi connectivity index (χ4n) is 2.15. The van der Waals surface area contributed by atoms with E-state index in [2.05, 4.69) is 17.9 Å². The molecule has 1 aromatic carbocycles. The van der Waals surface area contributed by atoms with Crippen molar-refractivity contribution in [2.75, 3.05) is 7.05 Å². The lowest BCUT2D eigenvalue weighted by Gasteiger charge is -2.26. The van der Waals surface area contributed by atoms with E-state index in [9.17, 15) is 4.39 Å². The van der Waals surface area contributed by atoms with E-state index in [1.165, 1.54) is 11.6 Å². The van der Waals surface area contributed by atoms with Gasteiger partial charge in [-0.15, -0.1) is 12.6 Å². The third-order valence-corrected chi connectivity index (χ3v) is 3.40. The van der Waals surface area contributed by atoms with Crippen LogP contribution >= 0.6 is 12.6 Å². The summed E-state index contributed by atoms with van der Waals surface area (Å²) in [5, 5.41) is 3.25. The molecule has 0 saturated heterocycles. The number of fused-ring (bicyclic) bond motifs is 1. The molecule has 0 heterocycles. The number of thiol groups is 1. The number of hydrogen-bond acceptors (Lipinski definition) is 2. The van der Waals surface area contributed by atoms with Crippen molar-refractivity contribution < 1.29 is 4.39 Å². The van der Waals surface area contributed by atoms with E-state index >= 15 is 0 Å². The molecule has 1 atom stereocenters. The van der Waals surface area contributed by atoms with Gasteiger partial charge >= 0.3 is 0 Å². The molecule has 0 aromatic heterocycles. The van der Waals surface area contributed by atoms with Crippen LogP contribution in [-0.4, -0.2) is 7.05 Å². The van der Waals surface area contributed by atoms with E-state index in [1.54, 1.807) is 0 Å². The number of benzene rings is 1. The molecule has 76 valence electrons. The van der Waals surface area contributed by atoms with Gasteiger partial charge in [-0.1, -0.05) is 6.07 Å². The lowest BCUT2D eigenvalue weighted by Crippen LogP contribution is -2.22. The van der Waals surface area contributed by atoms with Crippen molar-refractivity contribution in [1.29, 1.82) is 0 Å². The second-order valence-corrected chi connectivity index (χ2v) is 4.14. The first-order valence-corrected chi connectivity index (χ1v) is 5.36. The van der Waals surface area contributed by atoms with Crippen LogP contribution in [0.1, 0.15) is 30.0 Å². The number of rotatable bonds is 1. The van der Waals surface area contributed by atoms with E-state index in [4.69, 9.17) is 0 Å². The van der Waals surface area contributed by atoms with Crippen molar-refractivity contribution in [3.8, 4) is 0 Å². The molecule has 1 aliphatic carbocycles. The van der Waals surface area contributed by atoms with Crippen LogP contribution in [0.3, 0.4) is 0 Å². The summed E-state index contributed by atoms with van der Waals surface area (Å²) in [4.78, 5) is 0.530. The SMILES string of the molecule is CNC1CCCc2c1ccc(F)c2S. The molecule has 0 fully saturated rings. The summed E-state index contributed by atoms with van der Waals surface area (Å²) in [7, 11) is 1.95. The summed E-state index contributed by atoms with van der Waals surface area (Å²) in [6, 6.07) is 3.76. The van der Waals surface area contributed by atoms with Crippen molar-refractivity contribution >= 4 is 12.6 Å². The molecule has 1 N–H and O–H groups in total. The third kappa shape index (κ3) is 1.55. The van der Waals surface area contributed by atoms with Gasteiger partial charge in [-0.2, -0.15) is 0 Å². The number of halogens is 1. The van der Waals surface area contributed by atoms with Gasteiger partial charge in [-0.25, -0.2) is 4.39 Å². The average Bonchev–Trinajstić information content (AvgIpc) is 2.23. The Labute approximate surface area is 89.1 Å². The van der Waals surface area contributed by atoms with Gasteiger partial charge in [0.15, 0.2) is 0 Å². The van der Waals surface area contributed by atoms with Gasteiger partial charge in [-0.3, -0.25) is 0 Å². The fourth-order valence-corrected chi connectivity index (χ4v) is 2.47. The Kier molecular flexibility index (Phi) is 2.79. The summed E-state index contributed by atoms with van der Waals surface area (Å²) < 4.78 is 13.2. The number of nitrogens with one attached hydrogen (secondary N) is 1. The zero-order chi connectivity index (χ0) is 10.1. The summed E-state index contributed by atoms with van der Waals surface area (Å²) in [5.41, 5.74) is 2.30. The quantitative estimate of drug-likeness (QED) is 0.681. The predicted molar refractivity (Wildman–Crippen MR) is 58.4 cm³/mol. The smallest absolute Gasteiger partial charge is 0.136 e. The van der Waals surface area contributed by atoms with Crippen molar-refractivity contribution in [3.05, 3.63) is 29.1 Å². The number of hydrogen-bond donors (Lipinski definition) is 2. The van der Waals surface area contributed by atoms with Crippen LogP contribution < -0.4 is 5.32 Å². The first-order valence-electron chi connectivity index (χ1n) is 4.91. The summed E-state index contributed by atoms with van der Waals surface area (Å²) in [6.07, 6.45) is 3.18. The Morgan fingerprint density at radius 3 is 3.00 bits per heavy atom. The molecule has 0 saturated carbocycles. The molecular formula is C11H14FNS. The maximum absolute atomic E-state index is 13.2. The second-order valence-electron chi connectivity index (χ2n) is 3.70. The van der Waals surface area contributed by atoms with Gasteiger partial charge in [0.25, 0.3) is 0 Å². The molecule has 1 aromatic rings. The Hall–Kier alpha value is -0.540. The minimum absolute atomic E-state index is 0.205. The largest absolute Gasteiger partial charge is 0.313 e. The molecule has 14 heavy (non-hydrogen) atoms. The van der Waals surface area contributed by atoms with Crippen LogP contribution in [0.15, 0.2) is 17.0 Å². The Morgan fingerprint density at radius 2 is 2.29 bits per heavy atom. The first kappa shape index (κ1) is 9.99. The van der Waals surface area contributed by atoms with Gasteiger partial charge in [0.1, 0.15) is 5.82 Å². The molecule has 0 radical (unpaired) electrons. The van der Waals surface area contributed by atoms with Crippen LogP contribution in [0, 0.1) is 5.82 Å². The highest BCUT2D eigenvalue weighted by atomic mass is 32.1. The molecule has 2 rings (SSSR count). The van der Waals surface area contributed by atoms with Crippen molar-refractivity contribution in [3.63, 3.8) is 0 Å². The van der Waals surface area contributed by atoms with Gasteiger partial charge in [0.05, 0.1) is 0 Å². The van der Waals surface area contributed by atoms with E-state index in [-0.39, 0.29) is 5.82 Å². The van der Waals surface area contributed by atoms with Gasteiger partial charge in [-0.05, 0) is 43.5 Å². The topological polar surface area (TPSA) is 12.0 Å². The summed E-state index contributed by atoms with van der Waals surface area (Å²) in [6.45, 7) is 0. The van der Waals surface area contributed by atoms with Gasteiger partial charge in [0.2, 0.25) is 0 Å². The monoisotopic (exact) mass is 211 g/mol. The van der Waals surface area contributed by atoms with Crippen LogP contribution in [0.25, 0.3) is 0 Å². The van der Waals surface area contributed by atoms with E-state index in [0.717, 1.165) is 24.8 Å². The molecular weight excluding hydrogens is 197 g/mol. The van der Waals surface area contributed by atoms with Crippen molar-refractivity contribution in [2.24, 2.45) is 0 Å².